The van der Waals surface area contributed by atoms with Gasteiger partial charge in [0.25, 0.3) is 0 Å². The second-order valence-corrected chi connectivity index (χ2v) is 7.11. The van der Waals surface area contributed by atoms with E-state index in [1.165, 1.54) is 12.4 Å². The van der Waals surface area contributed by atoms with Gasteiger partial charge in [0, 0.05) is 31.1 Å². The first kappa shape index (κ1) is 19.9. The summed E-state index contributed by atoms with van der Waals surface area (Å²) in [6.07, 6.45) is 2.82. The van der Waals surface area contributed by atoms with Crippen molar-refractivity contribution in [3.05, 3.63) is 29.8 Å². The number of hydrogen-bond donors (Lipinski definition) is 3. The molecule has 2 aromatic rings. The topological polar surface area (TPSA) is 121 Å². The smallest absolute Gasteiger partial charge is 0.158 e. The van der Waals surface area contributed by atoms with Gasteiger partial charge in [-0.15, -0.1) is 5.10 Å². The van der Waals surface area contributed by atoms with E-state index in [0.717, 1.165) is 13.1 Å². The molecule has 2 aromatic heterocycles. The normalized spacial score (nSPS) is 17.0. The van der Waals surface area contributed by atoms with Gasteiger partial charge >= 0.3 is 0 Å². The fourth-order valence-corrected chi connectivity index (χ4v) is 2.71. The van der Waals surface area contributed by atoms with Crippen molar-refractivity contribution in [2.75, 3.05) is 43.5 Å². The molecule has 28 heavy (non-hydrogen) atoms. The van der Waals surface area contributed by atoms with Crippen LogP contribution in [-0.4, -0.2) is 59.2 Å². The summed E-state index contributed by atoms with van der Waals surface area (Å²) in [7, 11) is 0. The Morgan fingerprint density at radius 3 is 2.82 bits per heavy atom. The average molecular weight is 386 g/mol. The Balaban J connectivity index is 1.80. The van der Waals surface area contributed by atoms with Crippen LogP contribution in [0.3, 0.4) is 0 Å². The summed E-state index contributed by atoms with van der Waals surface area (Å²) in [4.78, 5) is 8.07. The van der Waals surface area contributed by atoms with Gasteiger partial charge in [-0.3, -0.25) is 4.39 Å². The van der Waals surface area contributed by atoms with Gasteiger partial charge in [-0.25, -0.2) is 9.97 Å². The van der Waals surface area contributed by atoms with Crippen molar-refractivity contribution in [1.29, 1.82) is 5.26 Å². The molecule has 0 amide bonds. The van der Waals surface area contributed by atoms with E-state index in [0.29, 0.717) is 36.2 Å². The van der Waals surface area contributed by atoms with Crippen LogP contribution in [0.25, 0.3) is 0 Å². The summed E-state index contributed by atoms with van der Waals surface area (Å²) in [5.41, 5.74) is 0.652. The molecule has 1 saturated heterocycles. The van der Waals surface area contributed by atoms with E-state index < -0.39 is 12.1 Å². The molecule has 3 heterocycles. The van der Waals surface area contributed by atoms with Crippen molar-refractivity contribution >= 4 is 17.3 Å². The lowest BCUT2D eigenvalue weighted by molar-refractivity contribution is 0.0372. The number of nitrogens with one attached hydrogen (secondary N) is 3. The quantitative estimate of drug-likeness (QED) is 0.650. The van der Waals surface area contributed by atoms with E-state index in [1.54, 1.807) is 19.9 Å². The average Bonchev–Trinajstić information content (AvgIpc) is 2.73. The number of morpholine rings is 1. The zero-order chi connectivity index (χ0) is 20.0. The minimum absolute atomic E-state index is 0.0176. The third-order valence-corrected chi connectivity index (χ3v) is 4.32. The molecule has 0 aromatic carbocycles. The van der Waals surface area contributed by atoms with Crippen molar-refractivity contribution in [1.82, 2.24) is 25.5 Å². The van der Waals surface area contributed by atoms with Crippen LogP contribution >= 0.6 is 0 Å². The van der Waals surface area contributed by atoms with Crippen LogP contribution in [0.5, 0.6) is 0 Å². The lowest BCUT2D eigenvalue weighted by Gasteiger charge is -2.27. The summed E-state index contributed by atoms with van der Waals surface area (Å²) in [6.45, 7) is 5.80. The van der Waals surface area contributed by atoms with Gasteiger partial charge in [-0.2, -0.15) is 10.4 Å². The highest BCUT2D eigenvalue weighted by Gasteiger charge is 2.27. The van der Waals surface area contributed by atoms with Crippen molar-refractivity contribution in [2.45, 2.75) is 25.4 Å². The molecule has 9 nitrogen and oxygen atoms in total. The van der Waals surface area contributed by atoms with E-state index in [-0.39, 0.29) is 11.8 Å². The zero-order valence-corrected chi connectivity index (χ0v) is 15.9. The molecular formula is C18H23FN8O. The second-order valence-electron chi connectivity index (χ2n) is 7.11. The lowest BCUT2D eigenvalue weighted by Crippen LogP contribution is -2.42. The Hall–Kier alpha value is -2.90. The number of nitriles is 1. The molecule has 148 valence electrons. The number of hydrogen-bond acceptors (Lipinski definition) is 9. The van der Waals surface area contributed by atoms with Crippen molar-refractivity contribution < 1.29 is 9.13 Å². The number of rotatable bonds is 7. The molecule has 1 atom stereocenters. The van der Waals surface area contributed by atoms with Crippen LogP contribution in [0.4, 0.5) is 21.7 Å². The SMILES string of the molecule is CC(C)(CF)c1nnc(Nc2cnc(C#N)cn2)cc1NC[C@H]1CNCCO1. The fourth-order valence-electron chi connectivity index (χ4n) is 2.71. The van der Waals surface area contributed by atoms with Crippen LogP contribution in [0, 0.1) is 11.3 Å². The van der Waals surface area contributed by atoms with Crippen molar-refractivity contribution in [2.24, 2.45) is 0 Å². The molecule has 3 N–H and O–H groups in total. The number of aromatic nitrogens is 4. The Bertz CT molecular complexity index is 830. The largest absolute Gasteiger partial charge is 0.381 e. The van der Waals surface area contributed by atoms with E-state index >= 15 is 0 Å². The first-order chi connectivity index (χ1) is 13.5. The molecule has 0 saturated carbocycles. The maximum atomic E-state index is 13.6. The van der Waals surface area contributed by atoms with Crippen LogP contribution in [-0.2, 0) is 10.2 Å². The predicted octanol–water partition coefficient (Wildman–Crippen LogP) is 1.53. The minimum atomic E-state index is -0.784. The summed E-state index contributed by atoms with van der Waals surface area (Å²) < 4.78 is 19.3. The van der Waals surface area contributed by atoms with E-state index in [4.69, 9.17) is 10.00 Å². The molecule has 1 aliphatic heterocycles. The molecule has 1 fully saturated rings. The molecule has 10 heteroatoms. The summed E-state index contributed by atoms with van der Waals surface area (Å²) in [6, 6.07) is 3.67. The van der Waals surface area contributed by atoms with Crippen molar-refractivity contribution in [3.8, 4) is 6.07 Å². The van der Waals surface area contributed by atoms with Gasteiger partial charge in [0.15, 0.2) is 11.5 Å². The predicted molar refractivity (Wildman–Crippen MR) is 102 cm³/mol. The van der Waals surface area contributed by atoms with Crippen LogP contribution < -0.4 is 16.0 Å². The Kier molecular flexibility index (Phi) is 6.28. The lowest BCUT2D eigenvalue weighted by atomic mass is 9.89. The number of nitrogens with zero attached hydrogens (tertiary/aromatic N) is 5. The van der Waals surface area contributed by atoms with Crippen LogP contribution in [0.2, 0.25) is 0 Å². The molecule has 3 rings (SSSR count). The number of halogens is 1. The maximum Gasteiger partial charge on any atom is 0.158 e. The van der Waals surface area contributed by atoms with Gasteiger partial charge in [0.05, 0.1) is 36.5 Å². The summed E-state index contributed by atoms with van der Waals surface area (Å²) in [5, 5.41) is 26.8. The first-order valence-corrected chi connectivity index (χ1v) is 9.01. The highest BCUT2D eigenvalue weighted by atomic mass is 19.1. The van der Waals surface area contributed by atoms with Gasteiger partial charge < -0.3 is 20.7 Å². The molecule has 0 bridgehead atoms. The highest BCUT2D eigenvalue weighted by Crippen LogP contribution is 2.30. The fraction of sp³-hybridized carbons (Fsp3) is 0.500. The maximum absolute atomic E-state index is 13.6. The van der Waals surface area contributed by atoms with Crippen LogP contribution in [0.15, 0.2) is 18.5 Å². The Labute approximate surface area is 162 Å². The highest BCUT2D eigenvalue weighted by molar-refractivity contribution is 5.60. The minimum Gasteiger partial charge on any atom is -0.381 e. The molecule has 0 aliphatic carbocycles. The summed E-state index contributed by atoms with van der Waals surface area (Å²) >= 11 is 0. The zero-order valence-electron chi connectivity index (χ0n) is 15.9. The van der Waals surface area contributed by atoms with Gasteiger partial charge in [0.2, 0.25) is 0 Å². The second kappa shape index (κ2) is 8.86. The molecule has 0 unspecified atom stereocenters. The molecule has 0 radical (unpaired) electrons. The number of anilines is 3. The van der Waals surface area contributed by atoms with Crippen molar-refractivity contribution in [3.63, 3.8) is 0 Å². The monoisotopic (exact) mass is 386 g/mol. The molecule has 0 spiro atoms. The van der Waals surface area contributed by atoms with Crippen LogP contribution in [0.1, 0.15) is 25.2 Å². The Morgan fingerprint density at radius 1 is 1.32 bits per heavy atom. The number of alkyl halides is 1. The van der Waals surface area contributed by atoms with E-state index in [9.17, 15) is 4.39 Å². The van der Waals surface area contributed by atoms with Gasteiger partial charge in [0.1, 0.15) is 18.6 Å². The number of ether oxygens (including phenoxy) is 1. The third kappa shape index (κ3) is 4.88. The summed E-state index contributed by atoms with van der Waals surface area (Å²) in [5.74, 6) is 0.860. The first-order valence-electron chi connectivity index (χ1n) is 9.01. The standard InChI is InChI=1S/C18H23FN8O/c1-18(2,11-19)17-14(23-9-13-8-21-3-4-28-13)5-15(26-27-17)25-16-10-22-12(6-20)7-24-16/h5,7,10,13,21H,3-4,8-9,11H2,1-2H3,(H2,23,24,25,26)/t13-/m1/s1. The third-order valence-electron chi connectivity index (χ3n) is 4.32. The van der Waals surface area contributed by atoms with Gasteiger partial charge in [-0.05, 0) is 0 Å². The molecule has 1 aliphatic rings. The van der Waals surface area contributed by atoms with Gasteiger partial charge in [-0.1, -0.05) is 13.8 Å². The Morgan fingerprint density at radius 2 is 2.18 bits per heavy atom. The van der Waals surface area contributed by atoms with E-state index in [2.05, 4.69) is 36.1 Å². The molecular weight excluding hydrogens is 363 g/mol. The van der Waals surface area contributed by atoms with E-state index in [1.807, 2.05) is 6.07 Å².